The summed E-state index contributed by atoms with van der Waals surface area (Å²) in [6.07, 6.45) is 0. The Balaban J connectivity index is 3.00. The van der Waals surface area contributed by atoms with Crippen LogP contribution in [0.15, 0.2) is 23.4 Å². The summed E-state index contributed by atoms with van der Waals surface area (Å²) in [6, 6.07) is 3.46. The zero-order chi connectivity index (χ0) is 13.8. The van der Waals surface area contributed by atoms with Gasteiger partial charge < -0.3 is 10.9 Å². The van der Waals surface area contributed by atoms with Crippen molar-refractivity contribution in [1.29, 1.82) is 0 Å². The molecule has 0 fully saturated rings. The lowest BCUT2D eigenvalue weighted by atomic mass is 10.2. The Hall–Kier alpha value is -1.87. The lowest BCUT2D eigenvalue weighted by Crippen LogP contribution is -2.30. The first-order valence-electron chi connectivity index (χ1n) is 4.94. The summed E-state index contributed by atoms with van der Waals surface area (Å²) in [5.41, 5.74) is 5.18. The molecule has 18 heavy (non-hydrogen) atoms. The van der Waals surface area contributed by atoms with Crippen molar-refractivity contribution in [1.82, 2.24) is 4.72 Å². The SMILES string of the molecule is CCNS(=O)(=O)Nc1ccc(/C(N)=N/O)cc1F. The number of nitrogens with two attached hydrogens (primary N) is 1. The van der Waals surface area contributed by atoms with E-state index in [4.69, 9.17) is 10.9 Å². The van der Waals surface area contributed by atoms with Gasteiger partial charge in [-0.05, 0) is 18.2 Å². The minimum absolute atomic E-state index is 0.140. The van der Waals surface area contributed by atoms with E-state index in [1.807, 2.05) is 4.72 Å². The van der Waals surface area contributed by atoms with E-state index in [9.17, 15) is 12.8 Å². The molecule has 0 heterocycles. The van der Waals surface area contributed by atoms with Crippen LogP contribution in [0.4, 0.5) is 10.1 Å². The number of amidine groups is 1. The molecule has 5 N–H and O–H groups in total. The van der Waals surface area contributed by atoms with Crippen molar-refractivity contribution < 1.29 is 18.0 Å². The van der Waals surface area contributed by atoms with E-state index in [2.05, 4.69) is 9.88 Å². The molecule has 0 aliphatic heterocycles. The molecule has 7 nitrogen and oxygen atoms in total. The quantitative estimate of drug-likeness (QED) is 0.266. The average Bonchev–Trinajstić information content (AvgIpc) is 2.30. The smallest absolute Gasteiger partial charge is 0.299 e. The highest BCUT2D eigenvalue weighted by Gasteiger charge is 2.12. The molecule has 0 amide bonds. The van der Waals surface area contributed by atoms with Crippen molar-refractivity contribution >= 4 is 21.7 Å². The van der Waals surface area contributed by atoms with E-state index in [-0.39, 0.29) is 23.6 Å². The van der Waals surface area contributed by atoms with E-state index in [1.54, 1.807) is 6.92 Å². The summed E-state index contributed by atoms with van der Waals surface area (Å²) in [5.74, 6) is -1.10. The molecular weight excluding hydrogens is 263 g/mol. The van der Waals surface area contributed by atoms with E-state index in [0.29, 0.717) is 0 Å². The molecule has 9 heteroatoms. The Kier molecular flexibility index (Phi) is 4.45. The number of nitrogens with one attached hydrogen (secondary N) is 2. The van der Waals surface area contributed by atoms with Gasteiger partial charge in [-0.15, -0.1) is 0 Å². The number of nitrogens with zero attached hydrogens (tertiary/aromatic N) is 1. The van der Waals surface area contributed by atoms with E-state index in [1.165, 1.54) is 12.1 Å². The van der Waals surface area contributed by atoms with Gasteiger partial charge in [-0.1, -0.05) is 12.1 Å². The van der Waals surface area contributed by atoms with Gasteiger partial charge in [0.2, 0.25) is 0 Å². The zero-order valence-electron chi connectivity index (χ0n) is 9.51. The molecule has 0 bridgehead atoms. The number of benzene rings is 1. The molecule has 0 aliphatic rings. The van der Waals surface area contributed by atoms with E-state index < -0.39 is 16.0 Å². The average molecular weight is 276 g/mol. The summed E-state index contributed by atoms with van der Waals surface area (Å²) in [4.78, 5) is 0. The van der Waals surface area contributed by atoms with Gasteiger partial charge in [-0.3, -0.25) is 4.72 Å². The van der Waals surface area contributed by atoms with Crippen LogP contribution in [0, 0.1) is 5.82 Å². The second kappa shape index (κ2) is 5.65. The Morgan fingerprint density at radius 1 is 1.56 bits per heavy atom. The Morgan fingerprint density at radius 2 is 2.22 bits per heavy atom. The predicted octanol–water partition coefficient (Wildman–Crippen LogP) is 0.186. The van der Waals surface area contributed by atoms with Crippen LogP contribution in [-0.4, -0.2) is 26.0 Å². The zero-order valence-corrected chi connectivity index (χ0v) is 10.3. The Morgan fingerprint density at radius 3 is 2.72 bits per heavy atom. The maximum absolute atomic E-state index is 13.6. The molecule has 0 radical (unpaired) electrons. The minimum atomic E-state index is -3.80. The maximum atomic E-state index is 13.6. The summed E-state index contributed by atoms with van der Waals surface area (Å²) in [6.45, 7) is 1.77. The summed E-state index contributed by atoms with van der Waals surface area (Å²) in [7, 11) is -3.80. The molecule has 0 spiro atoms. The van der Waals surface area contributed by atoms with Crippen LogP contribution in [0.2, 0.25) is 0 Å². The number of hydrogen-bond acceptors (Lipinski definition) is 4. The molecule has 0 atom stereocenters. The summed E-state index contributed by atoms with van der Waals surface area (Å²) >= 11 is 0. The molecule has 100 valence electrons. The molecule has 1 aromatic carbocycles. The molecule has 1 aromatic rings. The predicted molar refractivity (Wildman–Crippen MR) is 65.1 cm³/mol. The third-order valence-electron chi connectivity index (χ3n) is 1.95. The highest BCUT2D eigenvalue weighted by atomic mass is 32.2. The van der Waals surface area contributed by atoms with Crippen LogP contribution in [0.5, 0.6) is 0 Å². The third kappa shape index (κ3) is 3.57. The normalized spacial score (nSPS) is 12.4. The lowest BCUT2D eigenvalue weighted by molar-refractivity contribution is 0.318. The van der Waals surface area contributed by atoms with Gasteiger partial charge >= 0.3 is 0 Å². The Bertz CT molecular complexity index is 559. The fourth-order valence-corrected chi connectivity index (χ4v) is 2.09. The number of hydrogen-bond donors (Lipinski definition) is 4. The van der Waals surface area contributed by atoms with Gasteiger partial charge in [0.1, 0.15) is 5.82 Å². The van der Waals surface area contributed by atoms with Crippen molar-refractivity contribution in [3.05, 3.63) is 29.6 Å². The van der Waals surface area contributed by atoms with Gasteiger partial charge in [-0.25, -0.2) is 4.39 Å². The van der Waals surface area contributed by atoms with E-state index >= 15 is 0 Å². The van der Waals surface area contributed by atoms with Crippen molar-refractivity contribution in [2.75, 3.05) is 11.3 Å². The standard InChI is InChI=1S/C9H13FN4O3S/c1-2-12-18(16,17)14-8-4-3-6(5-7(8)10)9(11)13-15/h3-5,12,14-15H,2H2,1H3,(H2,11,13). The molecule has 1 rings (SSSR count). The topological polar surface area (TPSA) is 117 Å². The van der Waals surface area contributed by atoms with Crippen molar-refractivity contribution in [3.63, 3.8) is 0 Å². The molecule has 0 aliphatic carbocycles. The molecular formula is C9H13FN4O3S. The molecule has 0 saturated carbocycles. The van der Waals surface area contributed by atoms with Crippen molar-refractivity contribution in [2.45, 2.75) is 6.92 Å². The van der Waals surface area contributed by atoms with Crippen molar-refractivity contribution in [3.8, 4) is 0 Å². The third-order valence-corrected chi connectivity index (χ3v) is 3.11. The Labute approximate surface area is 104 Å². The fraction of sp³-hybridized carbons (Fsp3) is 0.222. The van der Waals surface area contributed by atoms with Crippen LogP contribution in [0.3, 0.4) is 0 Å². The van der Waals surface area contributed by atoms with Crippen LogP contribution in [-0.2, 0) is 10.2 Å². The highest BCUT2D eigenvalue weighted by Crippen LogP contribution is 2.16. The second-order valence-electron chi connectivity index (χ2n) is 3.28. The first kappa shape index (κ1) is 14.2. The van der Waals surface area contributed by atoms with E-state index in [0.717, 1.165) is 6.07 Å². The van der Waals surface area contributed by atoms with Crippen LogP contribution in [0.1, 0.15) is 12.5 Å². The second-order valence-corrected chi connectivity index (χ2v) is 4.78. The van der Waals surface area contributed by atoms with Crippen LogP contribution in [0.25, 0.3) is 0 Å². The number of oxime groups is 1. The van der Waals surface area contributed by atoms with Gasteiger partial charge in [-0.2, -0.15) is 13.1 Å². The number of anilines is 1. The summed E-state index contributed by atoms with van der Waals surface area (Å²) in [5, 5.41) is 11.1. The van der Waals surface area contributed by atoms with Gasteiger partial charge in [0.15, 0.2) is 5.84 Å². The van der Waals surface area contributed by atoms with Gasteiger partial charge in [0, 0.05) is 12.1 Å². The first-order valence-corrected chi connectivity index (χ1v) is 6.42. The lowest BCUT2D eigenvalue weighted by Gasteiger charge is -2.09. The molecule has 0 saturated heterocycles. The monoisotopic (exact) mass is 276 g/mol. The molecule has 0 unspecified atom stereocenters. The molecule has 0 aromatic heterocycles. The largest absolute Gasteiger partial charge is 0.409 e. The van der Waals surface area contributed by atoms with Crippen LogP contribution < -0.4 is 15.2 Å². The number of halogens is 1. The minimum Gasteiger partial charge on any atom is -0.409 e. The summed E-state index contributed by atoms with van der Waals surface area (Å²) < 4.78 is 40.4. The highest BCUT2D eigenvalue weighted by molar-refractivity contribution is 7.90. The van der Waals surface area contributed by atoms with Gasteiger partial charge in [0.05, 0.1) is 5.69 Å². The maximum Gasteiger partial charge on any atom is 0.299 e. The fourth-order valence-electron chi connectivity index (χ4n) is 1.19. The van der Waals surface area contributed by atoms with Crippen LogP contribution >= 0.6 is 0 Å². The first-order chi connectivity index (χ1) is 8.39. The number of rotatable bonds is 5. The van der Waals surface area contributed by atoms with Gasteiger partial charge in [0.25, 0.3) is 10.2 Å². The van der Waals surface area contributed by atoms with Crippen molar-refractivity contribution in [2.24, 2.45) is 10.9 Å².